The first-order chi connectivity index (χ1) is 9.63. The Labute approximate surface area is 118 Å². The standard InChI is InChI=1S/C16H20FN3/c1-2-11-3-5-12(6-4-11)9-16(20-19)14-10-13(17)7-8-15(14)18/h3-8,10,16,20H,2,9,18-19H2,1H3. The third-order valence-corrected chi connectivity index (χ3v) is 3.50. The van der Waals surface area contributed by atoms with Gasteiger partial charge in [-0.3, -0.25) is 11.3 Å². The topological polar surface area (TPSA) is 64.1 Å². The zero-order valence-electron chi connectivity index (χ0n) is 11.6. The van der Waals surface area contributed by atoms with Crippen LogP contribution in [0.25, 0.3) is 0 Å². The fourth-order valence-electron chi connectivity index (χ4n) is 2.25. The molecular weight excluding hydrogens is 253 g/mol. The molecule has 2 aromatic rings. The second kappa shape index (κ2) is 6.50. The SMILES string of the molecule is CCc1ccc(CC(NN)c2cc(F)ccc2N)cc1. The van der Waals surface area contributed by atoms with Crippen LogP contribution in [0.3, 0.4) is 0 Å². The first kappa shape index (κ1) is 14.5. The van der Waals surface area contributed by atoms with Crippen LogP contribution in [0.5, 0.6) is 0 Å². The van der Waals surface area contributed by atoms with Gasteiger partial charge in [-0.1, -0.05) is 31.2 Å². The van der Waals surface area contributed by atoms with Crippen LogP contribution in [0.1, 0.15) is 29.7 Å². The van der Waals surface area contributed by atoms with Gasteiger partial charge in [0, 0.05) is 5.69 Å². The van der Waals surface area contributed by atoms with Crippen LogP contribution in [0, 0.1) is 5.82 Å². The van der Waals surface area contributed by atoms with E-state index in [9.17, 15) is 4.39 Å². The number of halogens is 1. The molecule has 5 N–H and O–H groups in total. The first-order valence-electron chi connectivity index (χ1n) is 6.73. The quantitative estimate of drug-likeness (QED) is 0.446. The number of hydrogen-bond acceptors (Lipinski definition) is 3. The molecule has 106 valence electrons. The van der Waals surface area contributed by atoms with E-state index in [0.717, 1.165) is 12.0 Å². The molecule has 0 aliphatic carbocycles. The molecule has 0 aliphatic heterocycles. The van der Waals surface area contributed by atoms with Crippen molar-refractivity contribution in [3.8, 4) is 0 Å². The van der Waals surface area contributed by atoms with E-state index in [4.69, 9.17) is 11.6 Å². The molecule has 0 fully saturated rings. The van der Waals surface area contributed by atoms with Gasteiger partial charge in [-0.15, -0.1) is 0 Å². The van der Waals surface area contributed by atoms with Crippen molar-refractivity contribution < 1.29 is 4.39 Å². The van der Waals surface area contributed by atoms with Gasteiger partial charge in [-0.2, -0.15) is 0 Å². The van der Waals surface area contributed by atoms with Crippen LogP contribution >= 0.6 is 0 Å². The van der Waals surface area contributed by atoms with Gasteiger partial charge in [-0.25, -0.2) is 4.39 Å². The summed E-state index contributed by atoms with van der Waals surface area (Å²) in [5, 5.41) is 0. The lowest BCUT2D eigenvalue weighted by molar-refractivity contribution is 0.546. The van der Waals surface area contributed by atoms with Gasteiger partial charge in [0.2, 0.25) is 0 Å². The monoisotopic (exact) mass is 273 g/mol. The van der Waals surface area contributed by atoms with Crippen molar-refractivity contribution in [3.05, 3.63) is 65.0 Å². The molecule has 1 atom stereocenters. The highest BCUT2D eigenvalue weighted by Gasteiger charge is 2.14. The molecule has 0 aliphatic rings. The van der Waals surface area contributed by atoms with Gasteiger partial charge in [-0.05, 0) is 47.7 Å². The zero-order chi connectivity index (χ0) is 14.5. The number of aryl methyl sites for hydroxylation is 1. The summed E-state index contributed by atoms with van der Waals surface area (Å²) in [7, 11) is 0. The van der Waals surface area contributed by atoms with Crippen molar-refractivity contribution >= 4 is 5.69 Å². The van der Waals surface area contributed by atoms with E-state index in [1.165, 1.54) is 17.7 Å². The highest BCUT2D eigenvalue weighted by Crippen LogP contribution is 2.24. The normalized spacial score (nSPS) is 12.3. The number of nitrogens with two attached hydrogens (primary N) is 2. The molecule has 2 rings (SSSR count). The van der Waals surface area contributed by atoms with E-state index in [2.05, 4.69) is 36.6 Å². The lowest BCUT2D eigenvalue weighted by Gasteiger charge is -2.18. The molecule has 0 heterocycles. The van der Waals surface area contributed by atoms with Crippen LogP contribution in [0.4, 0.5) is 10.1 Å². The summed E-state index contributed by atoms with van der Waals surface area (Å²) >= 11 is 0. The fraction of sp³-hybridized carbons (Fsp3) is 0.250. The molecule has 0 saturated heterocycles. The van der Waals surface area contributed by atoms with E-state index in [1.807, 2.05) is 0 Å². The molecule has 1 unspecified atom stereocenters. The van der Waals surface area contributed by atoms with Crippen molar-refractivity contribution in [1.29, 1.82) is 0 Å². The summed E-state index contributed by atoms with van der Waals surface area (Å²) in [4.78, 5) is 0. The molecule has 0 aromatic heterocycles. The van der Waals surface area contributed by atoms with Crippen LogP contribution in [0.15, 0.2) is 42.5 Å². The van der Waals surface area contributed by atoms with Crippen LogP contribution in [-0.4, -0.2) is 0 Å². The molecule has 0 spiro atoms. The predicted molar refractivity (Wildman–Crippen MR) is 80.4 cm³/mol. The second-order valence-electron chi connectivity index (χ2n) is 4.87. The highest BCUT2D eigenvalue weighted by molar-refractivity contribution is 5.49. The Balaban J connectivity index is 2.21. The molecule has 0 bridgehead atoms. The molecular formula is C16H20FN3. The van der Waals surface area contributed by atoms with E-state index >= 15 is 0 Å². The summed E-state index contributed by atoms with van der Waals surface area (Å²) in [5.41, 5.74) is 12.3. The number of anilines is 1. The van der Waals surface area contributed by atoms with Gasteiger partial charge < -0.3 is 5.73 Å². The number of hydrazine groups is 1. The molecule has 2 aromatic carbocycles. The third-order valence-electron chi connectivity index (χ3n) is 3.50. The maximum atomic E-state index is 13.4. The van der Waals surface area contributed by atoms with Gasteiger partial charge >= 0.3 is 0 Å². The van der Waals surface area contributed by atoms with Crippen molar-refractivity contribution in [1.82, 2.24) is 5.43 Å². The van der Waals surface area contributed by atoms with Crippen molar-refractivity contribution in [3.63, 3.8) is 0 Å². The van der Waals surface area contributed by atoms with Gasteiger partial charge in [0.25, 0.3) is 0 Å². The van der Waals surface area contributed by atoms with Crippen molar-refractivity contribution in [2.24, 2.45) is 5.84 Å². The van der Waals surface area contributed by atoms with E-state index < -0.39 is 0 Å². The Bertz CT molecular complexity index is 566. The van der Waals surface area contributed by atoms with Gasteiger partial charge in [0.15, 0.2) is 0 Å². The second-order valence-corrected chi connectivity index (χ2v) is 4.87. The number of benzene rings is 2. The van der Waals surface area contributed by atoms with Gasteiger partial charge in [0.1, 0.15) is 5.82 Å². The van der Waals surface area contributed by atoms with Crippen molar-refractivity contribution in [2.45, 2.75) is 25.8 Å². The maximum absolute atomic E-state index is 13.4. The summed E-state index contributed by atoms with van der Waals surface area (Å²) in [6.07, 6.45) is 1.67. The summed E-state index contributed by atoms with van der Waals surface area (Å²) in [6, 6.07) is 12.5. The predicted octanol–water partition coefficient (Wildman–Crippen LogP) is 2.72. The van der Waals surface area contributed by atoms with E-state index in [1.54, 1.807) is 6.07 Å². The average Bonchev–Trinajstić information content (AvgIpc) is 2.48. The minimum Gasteiger partial charge on any atom is -0.398 e. The molecule has 0 saturated carbocycles. The van der Waals surface area contributed by atoms with Crippen LogP contribution in [0.2, 0.25) is 0 Å². The minimum absolute atomic E-state index is 0.210. The largest absolute Gasteiger partial charge is 0.398 e. The Morgan fingerprint density at radius 1 is 1.10 bits per heavy atom. The number of rotatable bonds is 5. The number of nitrogen functional groups attached to an aromatic ring is 1. The molecule has 4 heteroatoms. The summed E-state index contributed by atoms with van der Waals surface area (Å²) in [6.45, 7) is 2.12. The summed E-state index contributed by atoms with van der Waals surface area (Å²) < 4.78 is 13.4. The first-order valence-corrected chi connectivity index (χ1v) is 6.73. The molecule has 0 amide bonds. The third kappa shape index (κ3) is 3.35. The lowest BCUT2D eigenvalue weighted by Crippen LogP contribution is -2.30. The average molecular weight is 273 g/mol. The zero-order valence-corrected chi connectivity index (χ0v) is 11.6. The highest BCUT2D eigenvalue weighted by atomic mass is 19.1. The minimum atomic E-state index is -0.309. The Morgan fingerprint density at radius 2 is 1.75 bits per heavy atom. The summed E-state index contributed by atoms with van der Waals surface area (Å²) in [5.74, 6) is 5.29. The van der Waals surface area contributed by atoms with Crippen molar-refractivity contribution in [2.75, 3.05) is 5.73 Å². The van der Waals surface area contributed by atoms with E-state index in [0.29, 0.717) is 17.7 Å². The van der Waals surface area contributed by atoms with Crippen LogP contribution in [-0.2, 0) is 12.8 Å². The lowest BCUT2D eigenvalue weighted by atomic mass is 9.97. The fourth-order valence-corrected chi connectivity index (χ4v) is 2.25. The van der Waals surface area contributed by atoms with E-state index in [-0.39, 0.29) is 11.9 Å². The van der Waals surface area contributed by atoms with Gasteiger partial charge in [0.05, 0.1) is 6.04 Å². The molecule has 0 radical (unpaired) electrons. The molecule has 3 nitrogen and oxygen atoms in total. The smallest absolute Gasteiger partial charge is 0.123 e. The maximum Gasteiger partial charge on any atom is 0.123 e. The Morgan fingerprint density at radius 3 is 2.35 bits per heavy atom. The molecule has 20 heavy (non-hydrogen) atoms. The number of hydrogen-bond donors (Lipinski definition) is 3. The van der Waals surface area contributed by atoms with Crippen LogP contribution < -0.4 is 17.0 Å². The number of nitrogens with one attached hydrogen (secondary N) is 1. The Kier molecular flexibility index (Phi) is 4.71. The Hall–Kier alpha value is -1.91.